The molecular formula is C14H15NO4S. The molecule has 1 amide bonds. The molecule has 0 saturated carbocycles. The van der Waals surface area contributed by atoms with Crippen LogP contribution in [0.15, 0.2) is 18.2 Å². The second-order valence-corrected chi connectivity index (χ2v) is 5.97. The van der Waals surface area contributed by atoms with Crippen LogP contribution in [-0.4, -0.2) is 35.6 Å². The Kier molecular flexibility index (Phi) is 3.56. The van der Waals surface area contributed by atoms with E-state index in [2.05, 4.69) is 5.32 Å². The van der Waals surface area contributed by atoms with Crippen molar-refractivity contribution in [1.82, 2.24) is 0 Å². The molecule has 2 heterocycles. The number of amides is 1. The molecule has 1 fully saturated rings. The summed E-state index contributed by atoms with van der Waals surface area (Å²) < 4.78 is 11.0. The number of carbonyl (C=O) groups is 2. The van der Waals surface area contributed by atoms with Gasteiger partial charge in [-0.15, -0.1) is 0 Å². The minimum absolute atomic E-state index is 0.0287. The summed E-state index contributed by atoms with van der Waals surface area (Å²) in [7, 11) is 0. The third-order valence-corrected chi connectivity index (χ3v) is 4.45. The van der Waals surface area contributed by atoms with Crippen molar-refractivity contribution in [2.24, 2.45) is 0 Å². The van der Waals surface area contributed by atoms with Gasteiger partial charge in [-0.05, 0) is 31.2 Å². The normalized spacial score (nSPS) is 24.6. The van der Waals surface area contributed by atoms with Crippen LogP contribution in [-0.2, 0) is 9.53 Å². The van der Waals surface area contributed by atoms with Gasteiger partial charge >= 0.3 is 5.97 Å². The van der Waals surface area contributed by atoms with E-state index in [0.717, 1.165) is 17.9 Å². The van der Waals surface area contributed by atoms with Gasteiger partial charge in [-0.1, -0.05) is 6.07 Å². The zero-order chi connectivity index (χ0) is 14.1. The minimum Gasteiger partial charge on any atom is -0.478 e. The van der Waals surface area contributed by atoms with E-state index < -0.39 is 12.1 Å². The highest BCUT2D eigenvalue weighted by molar-refractivity contribution is 7.99. The first-order chi connectivity index (χ1) is 9.65. The Morgan fingerprint density at radius 1 is 1.50 bits per heavy atom. The Hall–Kier alpha value is -1.69. The van der Waals surface area contributed by atoms with Gasteiger partial charge in [0.05, 0.1) is 5.69 Å². The Morgan fingerprint density at radius 2 is 2.35 bits per heavy atom. The quantitative estimate of drug-likeness (QED) is 0.846. The summed E-state index contributed by atoms with van der Waals surface area (Å²) in [6.45, 7) is 1.65. The van der Waals surface area contributed by atoms with Crippen molar-refractivity contribution < 1.29 is 19.1 Å². The number of hydrogen-bond donors (Lipinski definition) is 1. The van der Waals surface area contributed by atoms with Crippen molar-refractivity contribution >= 4 is 29.3 Å². The maximum atomic E-state index is 12.2. The van der Waals surface area contributed by atoms with Crippen LogP contribution >= 0.6 is 11.8 Å². The number of esters is 1. The topological polar surface area (TPSA) is 64.6 Å². The van der Waals surface area contributed by atoms with Gasteiger partial charge in [0.2, 0.25) is 0 Å². The molecule has 2 aliphatic rings. The molecule has 1 aromatic rings. The second-order valence-electron chi connectivity index (χ2n) is 4.82. The number of fused-ring (bicyclic) bond motifs is 1. The fourth-order valence-corrected chi connectivity index (χ4v) is 3.30. The maximum Gasteiger partial charge on any atom is 0.342 e. The zero-order valence-corrected chi connectivity index (χ0v) is 11.9. The summed E-state index contributed by atoms with van der Waals surface area (Å²) in [5, 5.41) is 2.72. The van der Waals surface area contributed by atoms with E-state index in [9.17, 15) is 9.59 Å². The van der Waals surface area contributed by atoms with Crippen molar-refractivity contribution in [3.63, 3.8) is 0 Å². The van der Waals surface area contributed by atoms with Gasteiger partial charge in [0, 0.05) is 5.75 Å². The summed E-state index contributed by atoms with van der Waals surface area (Å²) >= 11 is 1.78. The molecule has 0 spiro atoms. The average molecular weight is 293 g/mol. The standard InChI is InChI=1S/C14H15NO4S/c1-8-13(16)15-11-4-2-3-10(12(11)18-8)14(17)19-9-5-6-20-7-9/h2-4,8-9H,5-7H2,1H3,(H,15,16)/t8-,9-/m0/s1. The van der Waals surface area contributed by atoms with Crippen LogP contribution in [0.1, 0.15) is 23.7 Å². The first-order valence-corrected chi connectivity index (χ1v) is 7.70. The molecule has 1 aromatic carbocycles. The molecule has 106 valence electrons. The molecule has 0 unspecified atom stereocenters. The highest BCUT2D eigenvalue weighted by atomic mass is 32.2. The van der Waals surface area contributed by atoms with Crippen LogP contribution in [0.2, 0.25) is 0 Å². The van der Waals surface area contributed by atoms with Gasteiger partial charge in [0.15, 0.2) is 11.9 Å². The molecule has 1 N–H and O–H groups in total. The van der Waals surface area contributed by atoms with Crippen molar-refractivity contribution in [3.8, 4) is 5.75 Å². The molecular weight excluding hydrogens is 278 g/mol. The van der Waals surface area contributed by atoms with Crippen molar-refractivity contribution in [2.45, 2.75) is 25.6 Å². The Labute approximate surface area is 121 Å². The number of anilines is 1. The predicted octanol–water partition coefficient (Wildman–Crippen LogP) is 2.07. The number of thioether (sulfide) groups is 1. The van der Waals surface area contributed by atoms with Gasteiger partial charge in [0.25, 0.3) is 5.91 Å². The van der Waals surface area contributed by atoms with Gasteiger partial charge in [-0.25, -0.2) is 4.79 Å². The van der Waals surface area contributed by atoms with Crippen molar-refractivity contribution in [1.29, 1.82) is 0 Å². The average Bonchev–Trinajstić information content (AvgIpc) is 2.92. The number of para-hydroxylation sites is 1. The van der Waals surface area contributed by atoms with Crippen LogP contribution < -0.4 is 10.1 Å². The zero-order valence-electron chi connectivity index (χ0n) is 11.0. The largest absolute Gasteiger partial charge is 0.478 e. The highest BCUT2D eigenvalue weighted by Gasteiger charge is 2.29. The first kappa shape index (κ1) is 13.3. The highest BCUT2D eigenvalue weighted by Crippen LogP contribution is 2.34. The smallest absolute Gasteiger partial charge is 0.342 e. The monoisotopic (exact) mass is 293 g/mol. The number of hydrogen-bond acceptors (Lipinski definition) is 5. The molecule has 3 rings (SSSR count). The SMILES string of the molecule is C[C@@H]1Oc2c(cccc2C(=O)O[C@H]2CCSC2)NC1=O. The minimum atomic E-state index is -0.613. The Bertz CT molecular complexity index is 554. The van der Waals surface area contributed by atoms with Crippen LogP contribution in [0.3, 0.4) is 0 Å². The summed E-state index contributed by atoms with van der Waals surface area (Å²) in [5.41, 5.74) is 0.884. The number of nitrogens with one attached hydrogen (secondary N) is 1. The third kappa shape index (κ3) is 2.47. The summed E-state index contributed by atoms with van der Waals surface area (Å²) in [6.07, 6.45) is 0.247. The maximum absolute atomic E-state index is 12.2. The van der Waals surface area contributed by atoms with Gasteiger partial charge in [-0.2, -0.15) is 11.8 Å². The summed E-state index contributed by atoms with van der Waals surface area (Å²) in [5.74, 6) is 1.66. The van der Waals surface area contributed by atoms with Crippen molar-refractivity contribution in [3.05, 3.63) is 23.8 Å². The van der Waals surface area contributed by atoms with E-state index >= 15 is 0 Å². The molecule has 0 radical (unpaired) electrons. The molecule has 5 nitrogen and oxygen atoms in total. The number of rotatable bonds is 2. The molecule has 0 aromatic heterocycles. The van der Waals surface area contributed by atoms with E-state index in [-0.39, 0.29) is 12.0 Å². The van der Waals surface area contributed by atoms with E-state index in [1.54, 1.807) is 36.9 Å². The van der Waals surface area contributed by atoms with Crippen LogP contribution in [0.5, 0.6) is 5.75 Å². The van der Waals surface area contributed by atoms with Crippen molar-refractivity contribution in [2.75, 3.05) is 16.8 Å². The molecule has 6 heteroatoms. The van der Waals surface area contributed by atoms with Gasteiger partial charge in [0.1, 0.15) is 11.7 Å². The van der Waals surface area contributed by atoms with E-state index in [4.69, 9.17) is 9.47 Å². The molecule has 0 bridgehead atoms. The molecule has 1 saturated heterocycles. The number of carbonyl (C=O) groups excluding carboxylic acids is 2. The molecule has 20 heavy (non-hydrogen) atoms. The Morgan fingerprint density at radius 3 is 3.10 bits per heavy atom. The predicted molar refractivity (Wildman–Crippen MR) is 76.3 cm³/mol. The number of benzene rings is 1. The van der Waals surface area contributed by atoms with Crippen LogP contribution in [0.25, 0.3) is 0 Å². The lowest BCUT2D eigenvalue weighted by Crippen LogP contribution is -2.35. The Balaban J connectivity index is 1.84. The van der Waals surface area contributed by atoms with Crippen LogP contribution in [0.4, 0.5) is 5.69 Å². The lowest BCUT2D eigenvalue weighted by atomic mass is 10.1. The fourth-order valence-electron chi connectivity index (χ4n) is 2.21. The third-order valence-electron chi connectivity index (χ3n) is 3.32. The first-order valence-electron chi connectivity index (χ1n) is 6.54. The van der Waals surface area contributed by atoms with E-state index in [0.29, 0.717) is 17.0 Å². The van der Waals surface area contributed by atoms with E-state index in [1.807, 2.05) is 0 Å². The fraction of sp³-hybridized carbons (Fsp3) is 0.429. The van der Waals surface area contributed by atoms with Crippen LogP contribution in [0, 0.1) is 0 Å². The molecule has 2 aliphatic heterocycles. The lowest BCUT2D eigenvalue weighted by Gasteiger charge is -2.25. The molecule has 0 aliphatic carbocycles. The summed E-state index contributed by atoms with van der Waals surface area (Å²) in [4.78, 5) is 23.8. The molecule has 2 atom stereocenters. The second kappa shape index (κ2) is 5.36. The van der Waals surface area contributed by atoms with Gasteiger partial charge in [-0.3, -0.25) is 4.79 Å². The lowest BCUT2D eigenvalue weighted by molar-refractivity contribution is -0.122. The van der Waals surface area contributed by atoms with Gasteiger partial charge < -0.3 is 14.8 Å². The number of ether oxygens (including phenoxy) is 2. The summed E-state index contributed by atoms with van der Waals surface area (Å²) in [6, 6.07) is 5.08. The van der Waals surface area contributed by atoms with E-state index in [1.165, 1.54) is 0 Å².